The fourth-order valence-electron chi connectivity index (χ4n) is 12.5. The lowest BCUT2D eigenvalue weighted by Gasteiger charge is -2.52. The minimum Gasteiger partial charge on any atom is -0.310 e. The van der Waals surface area contributed by atoms with Gasteiger partial charge in [-0.1, -0.05) is 218 Å². The highest BCUT2D eigenvalue weighted by Gasteiger charge is 2.52. The van der Waals surface area contributed by atoms with Gasteiger partial charge in [0.25, 0.3) is 0 Å². The predicted octanol–water partition coefficient (Wildman–Crippen LogP) is 20.3. The van der Waals surface area contributed by atoms with Crippen LogP contribution in [0, 0.1) is 13.8 Å². The summed E-state index contributed by atoms with van der Waals surface area (Å²) < 4.78 is 0. The van der Waals surface area contributed by atoms with Gasteiger partial charge in [0.1, 0.15) is 0 Å². The van der Waals surface area contributed by atoms with E-state index in [1.165, 1.54) is 77.9 Å². The average Bonchev–Trinajstić information content (AvgIpc) is 3.64. The van der Waals surface area contributed by atoms with E-state index in [1.807, 2.05) is 0 Å². The topological polar surface area (TPSA) is 6.48 Å². The third-order valence-electron chi connectivity index (χ3n) is 16.1. The Morgan fingerprint density at radius 3 is 0.870 bits per heavy atom. The number of hydrogen-bond acceptors (Lipinski definition) is 2. The molecule has 2 heteroatoms. The van der Waals surface area contributed by atoms with Gasteiger partial charge in [-0.05, 0) is 187 Å². The van der Waals surface area contributed by atoms with Crippen LogP contribution in [-0.2, 0) is 5.41 Å². The van der Waals surface area contributed by atoms with Crippen LogP contribution >= 0.6 is 0 Å². The fraction of sp³-hybridized carbons (Fsp3) is 0.0400. The quantitative estimate of drug-likeness (QED) is 0.150. The van der Waals surface area contributed by atoms with E-state index in [0.29, 0.717) is 0 Å². The number of fused-ring (bicyclic) bond motifs is 8. The molecule has 0 radical (unpaired) electrons. The third-order valence-corrected chi connectivity index (χ3v) is 16.1. The van der Waals surface area contributed by atoms with Crippen molar-refractivity contribution in [2.75, 3.05) is 9.80 Å². The Balaban J connectivity index is 1.13. The molecule has 12 aromatic carbocycles. The zero-order valence-corrected chi connectivity index (χ0v) is 43.1. The molecule has 2 nitrogen and oxygen atoms in total. The van der Waals surface area contributed by atoms with E-state index >= 15 is 0 Å². The van der Waals surface area contributed by atoms with Crippen LogP contribution in [0.4, 0.5) is 34.1 Å². The lowest BCUT2D eigenvalue weighted by atomic mass is 9.59. The summed E-state index contributed by atoms with van der Waals surface area (Å²) in [4.78, 5) is 5.07. The second-order valence-corrected chi connectivity index (χ2v) is 20.5. The summed E-state index contributed by atoms with van der Waals surface area (Å²) in [5.41, 5.74) is 27.5. The molecule has 2 aliphatic heterocycles. The first-order valence-electron chi connectivity index (χ1n) is 26.7. The van der Waals surface area contributed by atoms with Crippen LogP contribution in [0.15, 0.2) is 291 Å². The van der Waals surface area contributed by atoms with Gasteiger partial charge in [-0.15, -0.1) is 0 Å². The van der Waals surface area contributed by atoms with E-state index in [9.17, 15) is 0 Å². The highest BCUT2D eigenvalue weighted by Crippen LogP contribution is 2.65. The summed E-state index contributed by atoms with van der Waals surface area (Å²) in [6, 6.07) is 108. The molecule has 0 aromatic heterocycles. The molecule has 0 saturated heterocycles. The molecule has 77 heavy (non-hydrogen) atoms. The molecule has 0 N–H and O–H groups in total. The molecule has 1 spiro atoms. The van der Waals surface area contributed by atoms with E-state index in [1.54, 1.807) is 0 Å². The van der Waals surface area contributed by atoms with Crippen LogP contribution in [0.3, 0.4) is 0 Å². The van der Waals surface area contributed by atoms with E-state index in [0.717, 1.165) is 56.4 Å². The van der Waals surface area contributed by atoms with Gasteiger partial charge in [0.05, 0.1) is 28.2 Å². The first-order chi connectivity index (χ1) is 38.0. The predicted molar refractivity (Wildman–Crippen MR) is 323 cm³/mol. The molecule has 0 saturated carbocycles. The lowest BCUT2D eigenvalue weighted by Crippen LogP contribution is -2.42. The van der Waals surface area contributed by atoms with Crippen LogP contribution in [0.25, 0.3) is 66.8 Å². The zero-order chi connectivity index (χ0) is 51.5. The summed E-state index contributed by atoms with van der Waals surface area (Å²) in [6.45, 7) is 4.47. The van der Waals surface area contributed by atoms with Gasteiger partial charge in [0.15, 0.2) is 0 Å². The van der Waals surface area contributed by atoms with E-state index < -0.39 is 5.41 Å². The van der Waals surface area contributed by atoms with Gasteiger partial charge in [0.2, 0.25) is 0 Å². The number of aryl methyl sites for hydroxylation is 2. The van der Waals surface area contributed by atoms with Gasteiger partial charge in [-0.3, -0.25) is 0 Å². The number of benzene rings is 12. The van der Waals surface area contributed by atoms with Gasteiger partial charge in [0, 0.05) is 11.4 Å². The third kappa shape index (κ3) is 7.71. The van der Waals surface area contributed by atoms with Crippen molar-refractivity contribution in [2.45, 2.75) is 19.3 Å². The second kappa shape index (κ2) is 18.9. The minimum absolute atomic E-state index is 0.867. The molecule has 0 amide bonds. The molecule has 364 valence electrons. The van der Waals surface area contributed by atoms with Crippen molar-refractivity contribution in [1.29, 1.82) is 0 Å². The van der Waals surface area contributed by atoms with Crippen molar-refractivity contribution >= 4 is 34.1 Å². The highest BCUT2D eigenvalue weighted by molar-refractivity contribution is 6.00. The lowest BCUT2D eigenvalue weighted by molar-refractivity contribution is 0.720. The Kier molecular flexibility index (Phi) is 11.2. The normalized spacial score (nSPS) is 12.9. The van der Waals surface area contributed by atoms with E-state index in [4.69, 9.17) is 0 Å². The van der Waals surface area contributed by atoms with Crippen LogP contribution in [0.5, 0.6) is 0 Å². The van der Waals surface area contributed by atoms with Crippen molar-refractivity contribution in [3.63, 3.8) is 0 Å². The maximum atomic E-state index is 2.55. The van der Waals surface area contributed by atoms with E-state index in [-0.39, 0.29) is 0 Å². The second-order valence-electron chi connectivity index (χ2n) is 20.5. The summed E-state index contributed by atoms with van der Waals surface area (Å²) >= 11 is 0. The van der Waals surface area contributed by atoms with Crippen LogP contribution in [0.2, 0.25) is 0 Å². The summed E-state index contributed by atoms with van der Waals surface area (Å²) in [5.74, 6) is 0. The van der Waals surface area contributed by atoms with Crippen molar-refractivity contribution < 1.29 is 0 Å². The van der Waals surface area contributed by atoms with Gasteiger partial charge < -0.3 is 9.80 Å². The van der Waals surface area contributed by atoms with Crippen LogP contribution in [0.1, 0.15) is 33.4 Å². The smallest absolute Gasteiger partial charge is 0.0783 e. The van der Waals surface area contributed by atoms with Crippen molar-refractivity contribution in [2.24, 2.45) is 0 Å². The molecular weight excluding hydrogens is 929 g/mol. The molecule has 0 bridgehead atoms. The molecule has 12 aromatic rings. The highest BCUT2D eigenvalue weighted by atomic mass is 15.2. The number of anilines is 6. The number of nitrogens with zero attached hydrogens (tertiary/aromatic N) is 2. The van der Waals surface area contributed by atoms with Crippen molar-refractivity contribution in [3.8, 4) is 66.8 Å². The Morgan fingerprint density at radius 1 is 0.221 bits per heavy atom. The monoisotopic (exact) mass is 982 g/mol. The Hall–Kier alpha value is -9.76. The first-order valence-corrected chi connectivity index (χ1v) is 26.7. The molecule has 2 aliphatic rings. The van der Waals surface area contributed by atoms with Crippen molar-refractivity contribution in [1.82, 2.24) is 0 Å². The van der Waals surface area contributed by atoms with Gasteiger partial charge in [-0.25, -0.2) is 0 Å². The standard InChI is InChI=1S/C75H54N2/c1-51-20-18-19-31-65(51)66-41-40-64(46-52(66)2)77-73-44-36-61(56-27-14-6-15-28-56)49-69(73)75(70-50-62(37-45-74(70)77)57-29-16-7-17-30-57)67-47-59(54-23-10-4-11-24-54)34-42-71(67)76(63-38-32-58(33-39-63)53-21-8-3-9-22-53)72-43-35-60(48-68(72)75)55-25-12-5-13-26-55/h3-50H,1-2H3. The SMILES string of the molecule is Cc1ccccc1-c1ccc(N2c3ccc(-c4ccccc4)cc3C3(c4cc(-c5ccccc5)ccc4N(c4ccc(-c5ccccc5)cc4)c4ccc(-c5ccccc5)cc43)c3cc(-c4ccccc4)ccc32)cc1C. The molecule has 14 rings (SSSR count). The van der Waals surface area contributed by atoms with Gasteiger partial charge in [-0.2, -0.15) is 0 Å². The molecule has 0 atom stereocenters. The minimum atomic E-state index is -0.867. The first kappa shape index (κ1) is 45.8. The molecule has 0 unspecified atom stereocenters. The maximum Gasteiger partial charge on any atom is 0.0783 e. The van der Waals surface area contributed by atoms with Crippen molar-refractivity contribution in [3.05, 3.63) is 325 Å². The summed E-state index contributed by atoms with van der Waals surface area (Å²) in [5, 5.41) is 0. The summed E-state index contributed by atoms with van der Waals surface area (Å²) in [6.07, 6.45) is 0. The zero-order valence-electron chi connectivity index (χ0n) is 43.1. The van der Waals surface area contributed by atoms with E-state index in [2.05, 4.69) is 315 Å². The molecule has 2 heterocycles. The fourth-order valence-corrected chi connectivity index (χ4v) is 12.5. The molecule has 0 fully saturated rings. The maximum absolute atomic E-state index is 2.55. The molecule has 0 aliphatic carbocycles. The number of rotatable bonds is 8. The summed E-state index contributed by atoms with van der Waals surface area (Å²) in [7, 11) is 0. The molecular formula is C75H54N2. The van der Waals surface area contributed by atoms with Crippen LogP contribution in [-0.4, -0.2) is 0 Å². The Labute approximate surface area is 452 Å². The Bertz CT molecular complexity index is 3960. The largest absolute Gasteiger partial charge is 0.310 e. The van der Waals surface area contributed by atoms with Crippen LogP contribution < -0.4 is 9.80 Å². The van der Waals surface area contributed by atoms with Gasteiger partial charge >= 0.3 is 0 Å². The Morgan fingerprint density at radius 2 is 0.506 bits per heavy atom. The average molecular weight is 983 g/mol. The number of hydrogen-bond donors (Lipinski definition) is 0.